The number of alkyl halides is 3. The smallest absolute Gasteiger partial charge is 0.417 e. The number of ether oxygens (including phenoxy) is 2. The molecular formula is C31H25F3N2O4. The molecule has 4 rings (SSSR count). The van der Waals surface area contributed by atoms with Gasteiger partial charge in [-0.25, -0.2) is 4.79 Å². The Bertz CT molecular complexity index is 1700. The number of pyridine rings is 1. The van der Waals surface area contributed by atoms with Crippen molar-refractivity contribution in [1.29, 1.82) is 5.26 Å². The SMILES string of the molecule is COC(=O)c1ccc(Oc2ccc(-c3cc(C(F)(F)F)c(C#N)c(=O)n3Cc3ccc(C)cc3C)cc2C)cc1. The highest BCUT2D eigenvalue weighted by atomic mass is 19.4. The molecule has 1 aromatic heterocycles. The van der Waals surface area contributed by atoms with Gasteiger partial charge in [-0.15, -0.1) is 0 Å². The fourth-order valence-electron chi connectivity index (χ4n) is 4.39. The summed E-state index contributed by atoms with van der Waals surface area (Å²) in [5.41, 5.74) is 0.683. The first-order valence-electron chi connectivity index (χ1n) is 12.2. The molecule has 6 nitrogen and oxygen atoms in total. The molecule has 0 spiro atoms. The Morgan fingerprint density at radius 1 is 0.950 bits per heavy atom. The van der Waals surface area contributed by atoms with Crippen LogP contribution in [0.25, 0.3) is 11.3 Å². The summed E-state index contributed by atoms with van der Waals surface area (Å²) in [5, 5.41) is 9.48. The van der Waals surface area contributed by atoms with Gasteiger partial charge in [-0.05, 0) is 91.6 Å². The zero-order chi connectivity index (χ0) is 29.2. The maximum absolute atomic E-state index is 13.9. The number of halogens is 3. The van der Waals surface area contributed by atoms with Crippen LogP contribution >= 0.6 is 0 Å². The first-order chi connectivity index (χ1) is 18.9. The minimum Gasteiger partial charge on any atom is -0.465 e. The van der Waals surface area contributed by atoms with Gasteiger partial charge in [-0.1, -0.05) is 23.8 Å². The summed E-state index contributed by atoms with van der Waals surface area (Å²) in [4.78, 5) is 25.0. The summed E-state index contributed by atoms with van der Waals surface area (Å²) < 4.78 is 53.6. The predicted molar refractivity (Wildman–Crippen MR) is 143 cm³/mol. The average Bonchev–Trinajstić information content (AvgIpc) is 2.91. The van der Waals surface area contributed by atoms with Gasteiger partial charge < -0.3 is 14.0 Å². The third-order valence-corrected chi connectivity index (χ3v) is 6.52. The normalized spacial score (nSPS) is 11.2. The topological polar surface area (TPSA) is 81.3 Å². The van der Waals surface area contributed by atoms with E-state index in [2.05, 4.69) is 4.74 Å². The van der Waals surface area contributed by atoms with E-state index in [-0.39, 0.29) is 12.2 Å². The molecule has 4 aromatic rings. The lowest BCUT2D eigenvalue weighted by Crippen LogP contribution is -2.29. The molecule has 204 valence electrons. The van der Waals surface area contributed by atoms with Gasteiger partial charge in [-0.2, -0.15) is 18.4 Å². The number of carbonyl (C=O) groups excluding carboxylic acids is 1. The van der Waals surface area contributed by atoms with Crippen molar-refractivity contribution in [2.75, 3.05) is 7.11 Å². The standard InChI is InChI=1S/C31H25F3N2O4/c1-18-5-6-23(19(2)13-18)17-36-27(15-26(31(32,33)34)25(16-35)29(36)37)22-9-12-28(20(3)14-22)40-24-10-7-21(8-11-24)30(38)39-4/h5-15H,17H2,1-4H3. The molecule has 0 bridgehead atoms. The number of aryl methyl sites for hydroxylation is 3. The van der Waals surface area contributed by atoms with E-state index in [1.165, 1.54) is 17.7 Å². The van der Waals surface area contributed by atoms with Crippen LogP contribution < -0.4 is 10.3 Å². The lowest BCUT2D eigenvalue weighted by atomic mass is 10.0. The molecule has 0 fully saturated rings. The van der Waals surface area contributed by atoms with E-state index in [1.54, 1.807) is 49.4 Å². The number of hydrogen-bond donors (Lipinski definition) is 0. The molecule has 3 aromatic carbocycles. The molecule has 0 aliphatic heterocycles. The van der Waals surface area contributed by atoms with E-state index in [1.807, 2.05) is 32.0 Å². The highest BCUT2D eigenvalue weighted by Gasteiger charge is 2.36. The number of esters is 1. The van der Waals surface area contributed by atoms with Gasteiger partial charge in [0, 0.05) is 0 Å². The van der Waals surface area contributed by atoms with E-state index >= 15 is 0 Å². The first-order valence-corrected chi connectivity index (χ1v) is 12.2. The molecule has 40 heavy (non-hydrogen) atoms. The Morgan fingerprint density at radius 3 is 2.23 bits per heavy atom. The first kappa shape index (κ1) is 28.2. The van der Waals surface area contributed by atoms with Crippen LogP contribution in [-0.2, 0) is 17.5 Å². The predicted octanol–water partition coefficient (Wildman–Crippen LogP) is 6.96. The van der Waals surface area contributed by atoms with Crippen LogP contribution in [0.4, 0.5) is 13.2 Å². The fourth-order valence-corrected chi connectivity index (χ4v) is 4.39. The van der Waals surface area contributed by atoms with Gasteiger partial charge in [0.05, 0.1) is 30.5 Å². The fraction of sp³-hybridized carbons (Fsp3) is 0.194. The van der Waals surface area contributed by atoms with Crippen molar-refractivity contribution < 1.29 is 27.4 Å². The summed E-state index contributed by atoms with van der Waals surface area (Å²) >= 11 is 0. The molecule has 0 aliphatic carbocycles. The van der Waals surface area contributed by atoms with Gasteiger partial charge in [0.15, 0.2) is 0 Å². The Kier molecular flexibility index (Phi) is 7.82. The van der Waals surface area contributed by atoms with E-state index in [9.17, 15) is 28.0 Å². The molecule has 1 heterocycles. The lowest BCUT2D eigenvalue weighted by molar-refractivity contribution is -0.137. The Hall–Kier alpha value is -4.84. The van der Waals surface area contributed by atoms with Crippen LogP contribution in [0.1, 0.15) is 43.7 Å². The molecule has 0 radical (unpaired) electrons. The maximum atomic E-state index is 13.9. The molecule has 0 atom stereocenters. The second-order valence-corrected chi connectivity index (χ2v) is 9.35. The second kappa shape index (κ2) is 11.1. The van der Waals surface area contributed by atoms with Crippen molar-refractivity contribution in [2.24, 2.45) is 0 Å². The highest BCUT2D eigenvalue weighted by Crippen LogP contribution is 2.35. The van der Waals surface area contributed by atoms with Crippen LogP contribution in [0.5, 0.6) is 11.5 Å². The van der Waals surface area contributed by atoms with Gasteiger partial charge in [0.25, 0.3) is 5.56 Å². The molecule has 0 aliphatic rings. The van der Waals surface area contributed by atoms with Gasteiger partial charge >= 0.3 is 12.1 Å². The third kappa shape index (κ3) is 5.76. The highest BCUT2D eigenvalue weighted by molar-refractivity contribution is 5.89. The number of methoxy groups -OCH3 is 1. The van der Waals surface area contributed by atoms with E-state index in [4.69, 9.17) is 4.74 Å². The largest absolute Gasteiger partial charge is 0.465 e. The zero-order valence-electron chi connectivity index (χ0n) is 22.2. The van der Waals surface area contributed by atoms with Crippen LogP contribution in [0, 0.1) is 32.1 Å². The van der Waals surface area contributed by atoms with Crippen LogP contribution in [0.3, 0.4) is 0 Å². The summed E-state index contributed by atoms with van der Waals surface area (Å²) in [6.07, 6.45) is -4.90. The molecule has 0 unspecified atom stereocenters. The van der Waals surface area contributed by atoms with Crippen molar-refractivity contribution in [3.8, 4) is 28.8 Å². The molecular weight excluding hydrogens is 521 g/mol. The number of benzene rings is 3. The van der Waals surface area contributed by atoms with Crippen molar-refractivity contribution in [3.63, 3.8) is 0 Å². The van der Waals surface area contributed by atoms with Crippen LogP contribution in [0.15, 0.2) is 71.5 Å². The quantitative estimate of drug-likeness (QED) is 0.244. The monoisotopic (exact) mass is 546 g/mol. The Morgan fingerprint density at radius 2 is 1.65 bits per heavy atom. The van der Waals surface area contributed by atoms with Crippen molar-refractivity contribution >= 4 is 5.97 Å². The van der Waals surface area contributed by atoms with Gasteiger partial charge in [0.2, 0.25) is 0 Å². The van der Waals surface area contributed by atoms with Gasteiger partial charge in [-0.3, -0.25) is 4.79 Å². The minimum atomic E-state index is -4.90. The molecule has 0 saturated carbocycles. The van der Waals surface area contributed by atoms with Crippen LogP contribution in [0.2, 0.25) is 0 Å². The number of carbonyl (C=O) groups is 1. The number of nitriles is 1. The van der Waals surface area contributed by atoms with Crippen molar-refractivity contribution in [3.05, 3.63) is 116 Å². The number of nitrogens with zero attached hydrogens (tertiary/aromatic N) is 2. The van der Waals surface area contributed by atoms with E-state index in [0.29, 0.717) is 28.2 Å². The molecule has 0 saturated heterocycles. The summed E-state index contributed by atoms with van der Waals surface area (Å²) in [5.74, 6) is 0.384. The van der Waals surface area contributed by atoms with E-state index < -0.39 is 28.8 Å². The Labute approximate surface area is 228 Å². The summed E-state index contributed by atoms with van der Waals surface area (Å²) in [7, 11) is 1.28. The molecule has 0 N–H and O–H groups in total. The number of hydrogen-bond acceptors (Lipinski definition) is 5. The summed E-state index contributed by atoms with van der Waals surface area (Å²) in [6, 6.07) is 19.0. The van der Waals surface area contributed by atoms with E-state index in [0.717, 1.165) is 22.8 Å². The third-order valence-electron chi connectivity index (χ3n) is 6.52. The number of rotatable bonds is 6. The molecule has 0 amide bonds. The number of aromatic nitrogens is 1. The molecule has 9 heteroatoms. The zero-order valence-corrected chi connectivity index (χ0v) is 22.2. The van der Waals surface area contributed by atoms with Gasteiger partial charge in [0.1, 0.15) is 23.1 Å². The maximum Gasteiger partial charge on any atom is 0.417 e. The second-order valence-electron chi connectivity index (χ2n) is 9.35. The Balaban J connectivity index is 1.80. The van der Waals surface area contributed by atoms with Crippen molar-refractivity contribution in [1.82, 2.24) is 4.57 Å². The average molecular weight is 547 g/mol. The summed E-state index contributed by atoms with van der Waals surface area (Å²) in [6.45, 7) is 5.48. The van der Waals surface area contributed by atoms with Crippen molar-refractivity contribution in [2.45, 2.75) is 33.5 Å². The lowest BCUT2D eigenvalue weighted by Gasteiger charge is -2.19. The minimum absolute atomic E-state index is 0.0169. The van der Waals surface area contributed by atoms with Crippen LogP contribution in [-0.4, -0.2) is 17.6 Å².